The van der Waals surface area contributed by atoms with Crippen LogP contribution in [-0.2, 0) is 0 Å². The van der Waals surface area contributed by atoms with Gasteiger partial charge in [-0.05, 0) is 70.2 Å². The number of piperidine rings is 1. The molecular formula is C15H23N3O2. The van der Waals surface area contributed by atoms with Crippen molar-refractivity contribution in [2.45, 2.75) is 19.0 Å². The molecule has 1 aromatic rings. The zero-order valence-corrected chi connectivity index (χ0v) is 12.1. The number of hydrogen-bond acceptors (Lipinski definition) is 4. The van der Waals surface area contributed by atoms with E-state index in [0.29, 0.717) is 11.5 Å². The number of anilines is 1. The number of carboxylic acid groups (broad SMARTS) is 1. The number of nitrogens with zero attached hydrogens (tertiary/aromatic N) is 1. The van der Waals surface area contributed by atoms with Gasteiger partial charge in [-0.1, -0.05) is 0 Å². The van der Waals surface area contributed by atoms with Crippen molar-refractivity contribution in [3.63, 3.8) is 0 Å². The third-order valence-corrected chi connectivity index (χ3v) is 4.00. The van der Waals surface area contributed by atoms with Crippen LogP contribution in [0.15, 0.2) is 24.3 Å². The van der Waals surface area contributed by atoms with E-state index in [2.05, 4.69) is 22.6 Å². The fourth-order valence-electron chi connectivity index (χ4n) is 2.68. The SMILES string of the molecule is CNC(Nc1ccc(C(=O)O)cc1)C1CCN(C)CC1. The van der Waals surface area contributed by atoms with Crippen LogP contribution >= 0.6 is 0 Å². The molecule has 3 N–H and O–H groups in total. The van der Waals surface area contributed by atoms with Crippen molar-refractivity contribution in [2.24, 2.45) is 5.92 Å². The molecule has 1 heterocycles. The molecule has 110 valence electrons. The van der Waals surface area contributed by atoms with Gasteiger partial charge in [0, 0.05) is 5.69 Å². The van der Waals surface area contributed by atoms with Gasteiger partial charge in [0.2, 0.25) is 0 Å². The van der Waals surface area contributed by atoms with Crippen molar-refractivity contribution in [3.05, 3.63) is 29.8 Å². The third kappa shape index (κ3) is 3.71. The van der Waals surface area contributed by atoms with Crippen LogP contribution in [0.3, 0.4) is 0 Å². The Balaban J connectivity index is 1.97. The Kier molecular flexibility index (Phi) is 4.98. The number of carboxylic acids is 1. The molecule has 0 amide bonds. The number of benzene rings is 1. The maximum atomic E-state index is 10.8. The first-order valence-corrected chi connectivity index (χ1v) is 7.06. The predicted octanol–water partition coefficient (Wildman–Crippen LogP) is 1.68. The second-order valence-corrected chi connectivity index (χ2v) is 5.43. The molecule has 0 bridgehead atoms. The van der Waals surface area contributed by atoms with Gasteiger partial charge in [-0.2, -0.15) is 0 Å². The summed E-state index contributed by atoms with van der Waals surface area (Å²) in [7, 11) is 4.12. The first-order valence-electron chi connectivity index (χ1n) is 7.06. The van der Waals surface area contributed by atoms with Gasteiger partial charge in [-0.25, -0.2) is 4.79 Å². The fourth-order valence-corrected chi connectivity index (χ4v) is 2.68. The molecule has 0 saturated carbocycles. The summed E-state index contributed by atoms with van der Waals surface area (Å²) < 4.78 is 0. The summed E-state index contributed by atoms with van der Waals surface area (Å²) in [4.78, 5) is 13.2. The maximum absolute atomic E-state index is 10.8. The minimum Gasteiger partial charge on any atom is -0.478 e. The lowest BCUT2D eigenvalue weighted by atomic mass is 9.93. The smallest absolute Gasteiger partial charge is 0.335 e. The number of hydrogen-bond donors (Lipinski definition) is 3. The molecule has 1 fully saturated rings. The Bertz CT molecular complexity index is 439. The Morgan fingerprint density at radius 1 is 1.30 bits per heavy atom. The fraction of sp³-hybridized carbons (Fsp3) is 0.533. The van der Waals surface area contributed by atoms with Crippen LogP contribution in [0.2, 0.25) is 0 Å². The molecule has 1 atom stereocenters. The predicted molar refractivity (Wildman–Crippen MR) is 80.1 cm³/mol. The molecule has 0 spiro atoms. The Labute approximate surface area is 120 Å². The summed E-state index contributed by atoms with van der Waals surface area (Å²) in [5, 5.41) is 15.7. The molecule has 0 aromatic heterocycles. The zero-order chi connectivity index (χ0) is 14.5. The van der Waals surface area contributed by atoms with Crippen LogP contribution in [0.4, 0.5) is 5.69 Å². The zero-order valence-electron chi connectivity index (χ0n) is 12.1. The third-order valence-electron chi connectivity index (χ3n) is 4.00. The van der Waals surface area contributed by atoms with Crippen LogP contribution in [0.1, 0.15) is 23.2 Å². The number of aromatic carboxylic acids is 1. The lowest BCUT2D eigenvalue weighted by Crippen LogP contribution is -2.45. The van der Waals surface area contributed by atoms with Gasteiger partial charge < -0.3 is 20.6 Å². The molecule has 1 saturated heterocycles. The van der Waals surface area contributed by atoms with E-state index in [1.165, 1.54) is 12.8 Å². The average molecular weight is 277 g/mol. The molecule has 20 heavy (non-hydrogen) atoms. The number of nitrogens with one attached hydrogen (secondary N) is 2. The van der Waals surface area contributed by atoms with E-state index >= 15 is 0 Å². The summed E-state index contributed by atoms with van der Waals surface area (Å²) in [6, 6.07) is 6.91. The van der Waals surface area contributed by atoms with E-state index < -0.39 is 5.97 Å². The quantitative estimate of drug-likeness (QED) is 0.715. The summed E-state index contributed by atoms with van der Waals surface area (Å²) >= 11 is 0. The minimum atomic E-state index is -0.892. The molecular weight excluding hydrogens is 254 g/mol. The first-order chi connectivity index (χ1) is 9.60. The van der Waals surface area contributed by atoms with E-state index in [0.717, 1.165) is 18.8 Å². The van der Waals surface area contributed by atoms with Gasteiger partial charge in [-0.15, -0.1) is 0 Å². The van der Waals surface area contributed by atoms with Gasteiger partial charge in [0.05, 0.1) is 11.7 Å². The lowest BCUT2D eigenvalue weighted by molar-refractivity contribution is 0.0697. The van der Waals surface area contributed by atoms with Gasteiger partial charge in [0.1, 0.15) is 0 Å². The van der Waals surface area contributed by atoms with Crippen molar-refractivity contribution in [3.8, 4) is 0 Å². The van der Waals surface area contributed by atoms with Crippen LogP contribution < -0.4 is 10.6 Å². The number of rotatable bonds is 5. The second-order valence-electron chi connectivity index (χ2n) is 5.43. The highest BCUT2D eigenvalue weighted by Gasteiger charge is 2.24. The molecule has 1 unspecified atom stereocenters. The number of carbonyl (C=O) groups is 1. The second kappa shape index (κ2) is 6.72. The highest BCUT2D eigenvalue weighted by atomic mass is 16.4. The highest BCUT2D eigenvalue weighted by molar-refractivity contribution is 5.87. The van der Waals surface area contributed by atoms with Gasteiger partial charge >= 0.3 is 5.97 Å². The van der Waals surface area contributed by atoms with Gasteiger partial charge in [0.25, 0.3) is 0 Å². The van der Waals surface area contributed by atoms with Crippen LogP contribution in [0.5, 0.6) is 0 Å². The molecule has 5 heteroatoms. The maximum Gasteiger partial charge on any atom is 0.335 e. The molecule has 1 aliphatic rings. The summed E-state index contributed by atoms with van der Waals surface area (Å²) in [6.07, 6.45) is 2.56. The van der Waals surface area contributed by atoms with Crippen LogP contribution in [0.25, 0.3) is 0 Å². The van der Waals surface area contributed by atoms with E-state index in [1.54, 1.807) is 12.1 Å². The molecule has 1 aromatic carbocycles. The van der Waals surface area contributed by atoms with E-state index in [-0.39, 0.29) is 6.17 Å². The molecule has 1 aliphatic heterocycles. The normalized spacial score (nSPS) is 18.7. The van der Waals surface area contributed by atoms with Gasteiger partial charge in [-0.3, -0.25) is 0 Å². The van der Waals surface area contributed by atoms with Crippen LogP contribution in [-0.4, -0.2) is 49.3 Å². The summed E-state index contributed by atoms with van der Waals surface area (Å²) in [5.41, 5.74) is 1.27. The Morgan fingerprint density at radius 3 is 2.40 bits per heavy atom. The largest absolute Gasteiger partial charge is 0.478 e. The molecule has 5 nitrogen and oxygen atoms in total. The topological polar surface area (TPSA) is 64.6 Å². The molecule has 0 radical (unpaired) electrons. The van der Waals surface area contributed by atoms with Gasteiger partial charge in [0.15, 0.2) is 0 Å². The minimum absolute atomic E-state index is 0.222. The van der Waals surface area contributed by atoms with Crippen molar-refractivity contribution in [1.82, 2.24) is 10.2 Å². The molecule has 2 rings (SSSR count). The Hall–Kier alpha value is -1.59. The first kappa shape index (κ1) is 14.8. The number of likely N-dealkylation sites (tertiary alicyclic amines) is 1. The van der Waals surface area contributed by atoms with E-state index in [4.69, 9.17) is 5.11 Å². The van der Waals surface area contributed by atoms with Crippen molar-refractivity contribution >= 4 is 11.7 Å². The van der Waals surface area contributed by atoms with E-state index in [1.807, 2.05) is 19.2 Å². The molecule has 0 aliphatic carbocycles. The van der Waals surface area contributed by atoms with Crippen LogP contribution in [0, 0.1) is 5.92 Å². The van der Waals surface area contributed by atoms with Crippen molar-refractivity contribution in [1.29, 1.82) is 0 Å². The van der Waals surface area contributed by atoms with E-state index in [9.17, 15) is 4.79 Å². The standard InChI is InChI=1S/C15H23N3O2/c1-16-14(11-7-9-18(2)10-8-11)17-13-5-3-12(4-6-13)15(19)20/h3-6,11,14,16-17H,7-10H2,1-2H3,(H,19,20). The Morgan fingerprint density at radius 2 is 1.90 bits per heavy atom. The summed E-state index contributed by atoms with van der Waals surface area (Å²) in [5.74, 6) is -0.299. The highest BCUT2D eigenvalue weighted by Crippen LogP contribution is 2.21. The monoisotopic (exact) mass is 277 g/mol. The average Bonchev–Trinajstić information content (AvgIpc) is 2.46. The van der Waals surface area contributed by atoms with Crippen molar-refractivity contribution < 1.29 is 9.90 Å². The van der Waals surface area contributed by atoms with Crippen molar-refractivity contribution in [2.75, 3.05) is 32.5 Å². The lowest BCUT2D eigenvalue weighted by Gasteiger charge is -2.35. The summed E-state index contributed by atoms with van der Waals surface area (Å²) in [6.45, 7) is 2.25.